The van der Waals surface area contributed by atoms with E-state index in [1.54, 1.807) is 6.07 Å². The monoisotopic (exact) mass is 329 g/mol. The Hall–Kier alpha value is -1.89. The Morgan fingerprint density at radius 2 is 2.16 bits per heavy atom. The number of benzene rings is 1. The highest BCUT2D eigenvalue weighted by molar-refractivity contribution is 9.10. The molecule has 0 fully saturated rings. The van der Waals surface area contributed by atoms with E-state index in [2.05, 4.69) is 26.2 Å². The van der Waals surface area contributed by atoms with Gasteiger partial charge in [0.2, 0.25) is 0 Å². The maximum atomic E-state index is 13.7. The predicted octanol–water partition coefficient (Wildman–Crippen LogP) is 3.07. The van der Waals surface area contributed by atoms with Crippen molar-refractivity contribution in [3.63, 3.8) is 0 Å². The quantitative estimate of drug-likeness (QED) is 0.810. The third kappa shape index (κ3) is 2.76. The number of anilines is 3. The van der Waals surface area contributed by atoms with Crippen molar-refractivity contribution >= 4 is 33.0 Å². The minimum atomic E-state index is -0.999. The molecule has 19 heavy (non-hydrogen) atoms. The molecule has 0 bridgehead atoms. The Morgan fingerprint density at radius 3 is 2.79 bits per heavy atom. The molecule has 0 aliphatic rings. The number of nitrogens with one attached hydrogen (secondary N) is 2. The molecule has 1 heterocycles. The molecule has 0 saturated carbocycles. The minimum absolute atomic E-state index is 0.0764. The molecule has 0 unspecified atom stereocenters. The summed E-state index contributed by atoms with van der Waals surface area (Å²) in [7, 11) is 0. The highest BCUT2D eigenvalue weighted by Crippen LogP contribution is 2.28. The molecule has 2 aromatic rings. The van der Waals surface area contributed by atoms with E-state index >= 15 is 0 Å². The van der Waals surface area contributed by atoms with Crippen LogP contribution in [0.3, 0.4) is 0 Å². The van der Waals surface area contributed by atoms with Crippen LogP contribution in [0.25, 0.3) is 0 Å². The molecule has 0 atom stereocenters. The van der Waals surface area contributed by atoms with Crippen LogP contribution in [0.5, 0.6) is 0 Å². The summed E-state index contributed by atoms with van der Waals surface area (Å²) in [6.07, 6.45) is 1.24. The summed E-state index contributed by atoms with van der Waals surface area (Å²) in [4.78, 5) is 13.8. The van der Waals surface area contributed by atoms with Crippen molar-refractivity contribution in [2.75, 3.05) is 11.1 Å². The standard InChI is InChI=1S/C12H10BrF2N3O/c13-6-1-2-10(8(15)3-6)18-11-7(4-14)12(19)17-5-9(11)16/h1-3,5H,4,16H2,(H2,17,18,19). The summed E-state index contributed by atoms with van der Waals surface area (Å²) in [6.45, 7) is -0.999. The Kier molecular flexibility index (Phi) is 3.84. The third-order valence-electron chi connectivity index (χ3n) is 2.55. The van der Waals surface area contributed by atoms with E-state index in [-0.39, 0.29) is 22.6 Å². The van der Waals surface area contributed by atoms with E-state index in [1.807, 2.05) is 0 Å². The second-order valence-corrected chi connectivity index (χ2v) is 4.73. The predicted molar refractivity (Wildman–Crippen MR) is 73.7 cm³/mol. The number of hydrogen-bond donors (Lipinski definition) is 3. The normalized spacial score (nSPS) is 10.5. The Labute approximate surface area is 115 Å². The first-order valence-corrected chi connectivity index (χ1v) is 6.10. The number of rotatable bonds is 3. The van der Waals surface area contributed by atoms with Crippen LogP contribution < -0.4 is 16.6 Å². The van der Waals surface area contributed by atoms with Crippen LogP contribution in [-0.2, 0) is 6.67 Å². The van der Waals surface area contributed by atoms with Crippen LogP contribution in [0.4, 0.5) is 25.8 Å². The summed E-state index contributed by atoms with van der Waals surface area (Å²) in [5.41, 5.74) is 5.21. The van der Waals surface area contributed by atoms with E-state index in [9.17, 15) is 13.6 Å². The number of hydrogen-bond acceptors (Lipinski definition) is 3. The lowest BCUT2D eigenvalue weighted by molar-refractivity contribution is 0.483. The van der Waals surface area contributed by atoms with Gasteiger partial charge in [-0.1, -0.05) is 15.9 Å². The first-order valence-electron chi connectivity index (χ1n) is 5.31. The average molecular weight is 330 g/mol. The summed E-state index contributed by atoms with van der Waals surface area (Å²) in [5, 5.41) is 2.65. The minimum Gasteiger partial charge on any atom is -0.396 e. The van der Waals surface area contributed by atoms with Crippen LogP contribution in [0, 0.1) is 5.82 Å². The SMILES string of the molecule is Nc1c[nH]c(=O)c(CF)c1Nc1ccc(Br)cc1F. The van der Waals surface area contributed by atoms with Gasteiger partial charge in [-0.05, 0) is 18.2 Å². The topological polar surface area (TPSA) is 70.9 Å². The van der Waals surface area contributed by atoms with Crippen molar-refractivity contribution in [3.8, 4) is 0 Å². The Bertz CT molecular complexity index is 673. The van der Waals surface area contributed by atoms with Gasteiger partial charge in [0.15, 0.2) is 0 Å². The number of nitrogen functional groups attached to an aromatic ring is 1. The smallest absolute Gasteiger partial charge is 0.256 e. The number of aromatic amines is 1. The molecule has 0 spiro atoms. The van der Waals surface area contributed by atoms with Crippen molar-refractivity contribution in [2.45, 2.75) is 6.67 Å². The van der Waals surface area contributed by atoms with Crippen molar-refractivity contribution in [2.24, 2.45) is 0 Å². The van der Waals surface area contributed by atoms with Gasteiger partial charge in [-0.3, -0.25) is 4.79 Å². The van der Waals surface area contributed by atoms with E-state index < -0.39 is 18.1 Å². The van der Waals surface area contributed by atoms with Crippen molar-refractivity contribution < 1.29 is 8.78 Å². The second-order valence-electron chi connectivity index (χ2n) is 3.81. The van der Waals surface area contributed by atoms with Gasteiger partial charge < -0.3 is 16.0 Å². The van der Waals surface area contributed by atoms with Gasteiger partial charge in [0.25, 0.3) is 5.56 Å². The molecule has 7 heteroatoms. The van der Waals surface area contributed by atoms with Gasteiger partial charge in [0.05, 0.1) is 22.6 Å². The lowest BCUT2D eigenvalue weighted by Gasteiger charge is -2.12. The van der Waals surface area contributed by atoms with Crippen LogP contribution in [0.15, 0.2) is 33.7 Å². The fourth-order valence-electron chi connectivity index (χ4n) is 1.59. The van der Waals surface area contributed by atoms with Crippen molar-refractivity contribution in [3.05, 3.63) is 50.6 Å². The maximum absolute atomic E-state index is 13.7. The largest absolute Gasteiger partial charge is 0.396 e. The molecule has 0 radical (unpaired) electrons. The van der Waals surface area contributed by atoms with Gasteiger partial charge in [-0.2, -0.15) is 0 Å². The van der Waals surface area contributed by atoms with E-state index in [1.165, 1.54) is 18.3 Å². The zero-order valence-corrected chi connectivity index (χ0v) is 11.2. The number of nitrogens with two attached hydrogens (primary N) is 1. The zero-order chi connectivity index (χ0) is 14.0. The summed E-state index contributed by atoms with van der Waals surface area (Å²) < 4.78 is 27.1. The highest BCUT2D eigenvalue weighted by atomic mass is 79.9. The molecule has 4 nitrogen and oxygen atoms in total. The van der Waals surface area contributed by atoms with E-state index in [0.29, 0.717) is 4.47 Å². The van der Waals surface area contributed by atoms with E-state index in [4.69, 9.17) is 5.73 Å². The first kappa shape index (κ1) is 13.5. The second kappa shape index (κ2) is 5.40. The fourth-order valence-corrected chi connectivity index (χ4v) is 1.92. The van der Waals surface area contributed by atoms with Gasteiger partial charge >= 0.3 is 0 Å². The molecule has 0 aliphatic heterocycles. The van der Waals surface area contributed by atoms with Gasteiger partial charge in [-0.15, -0.1) is 0 Å². The molecule has 0 aliphatic carbocycles. The number of H-pyrrole nitrogens is 1. The van der Waals surface area contributed by atoms with Crippen LogP contribution in [0.1, 0.15) is 5.56 Å². The Balaban J connectivity index is 2.49. The van der Waals surface area contributed by atoms with Gasteiger partial charge in [0.1, 0.15) is 12.5 Å². The lowest BCUT2D eigenvalue weighted by atomic mass is 10.2. The maximum Gasteiger partial charge on any atom is 0.256 e. The molecule has 0 amide bonds. The van der Waals surface area contributed by atoms with Gasteiger partial charge in [0, 0.05) is 10.7 Å². The zero-order valence-electron chi connectivity index (χ0n) is 9.64. The van der Waals surface area contributed by atoms with E-state index in [0.717, 1.165) is 0 Å². The number of pyridine rings is 1. The molecular weight excluding hydrogens is 320 g/mol. The van der Waals surface area contributed by atoms with Crippen molar-refractivity contribution in [1.29, 1.82) is 0 Å². The molecule has 0 saturated heterocycles. The molecule has 1 aromatic heterocycles. The van der Waals surface area contributed by atoms with Crippen LogP contribution >= 0.6 is 15.9 Å². The summed E-state index contributed by atoms with van der Waals surface area (Å²) in [5.74, 6) is -0.543. The highest BCUT2D eigenvalue weighted by Gasteiger charge is 2.13. The summed E-state index contributed by atoms with van der Waals surface area (Å²) >= 11 is 3.13. The third-order valence-corrected chi connectivity index (χ3v) is 3.04. The van der Waals surface area contributed by atoms with Crippen molar-refractivity contribution in [1.82, 2.24) is 4.98 Å². The molecular formula is C12H10BrF2N3O. The molecule has 1 aromatic carbocycles. The van der Waals surface area contributed by atoms with Gasteiger partial charge in [-0.25, -0.2) is 8.78 Å². The number of halogens is 3. The lowest BCUT2D eigenvalue weighted by Crippen LogP contribution is -2.15. The summed E-state index contributed by atoms with van der Waals surface area (Å²) in [6, 6.07) is 4.33. The Morgan fingerprint density at radius 1 is 1.42 bits per heavy atom. The molecule has 2 rings (SSSR count). The molecule has 100 valence electrons. The average Bonchev–Trinajstić information content (AvgIpc) is 2.37. The number of aromatic nitrogens is 1. The first-order chi connectivity index (χ1) is 9.02. The number of alkyl halides is 1. The van der Waals surface area contributed by atoms with Crippen LogP contribution in [0.2, 0.25) is 0 Å². The fraction of sp³-hybridized carbons (Fsp3) is 0.0833. The molecule has 4 N–H and O–H groups in total. The van der Waals surface area contributed by atoms with Crippen LogP contribution in [-0.4, -0.2) is 4.98 Å².